The normalized spacial score (nSPS) is 13.4. The van der Waals surface area contributed by atoms with Crippen LogP contribution in [0.5, 0.6) is 11.5 Å². The third kappa shape index (κ3) is 1.48. The minimum Gasteiger partial charge on any atom is -0.454 e. The van der Waals surface area contributed by atoms with Gasteiger partial charge in [0.1, 0.15) is 0 Å². The van der Waals surface area contributed by atoms with E-state index in [0.29, 0.717) is 13.3 Å². The average molecular weight is 258 g/mol. The summed E-state index contributed by atoms with van der Waals surface area (Å²) in [4.78, 5) is 0. The van der Waals surface area contributed by atoms with Crippen LogP contribution in [0.25, 0.3) is 0 Å². The SMILES string of the molecule is Cc1cc2c(c(Br)c1CCN)OCO2. The number of benzene rings is 1. The monoisotopic (exact) mass is 257 g/mol. The topological polar surface area (TPSA) is 44.5 Å². The molecule has 0 fully saturated rings. The summed E-state index contributed by atoms with van der Waals surface area (Å²) in [6.45, 7) is 3.00. The summed E-state index contributed by atoms with van der Waals surface area (Å²) in [5.41, 5.74) is 7.94. The van der Waals surface area contributed by atoms with Gasteiger partial charge in [0, 0.05) is 0 Å². The van der Waals surface area contributed by atoms with Crippen LogP contribution >= 0.6 is 15.9 Å². The Balaban J connectivity index is 2.51. The van der Waals surface area contributed by atoms with Crippen LogP contribution in [0.3, 0.4) is 0 Å². The maximum atomic E-state index is 5.55. The van der Waals surface area contributed by atoms with Crippen LogP contribution in [0.1, 0.15) is 11.1 Å². The van der Waals surface area contributed by atoms with Gasteiger partial charge in [-0.05, 0) is 53.0 Å². The molecule has 0 aliphatic carbocycles. The van der Waals surface area contributed by atoms with Crippen molar-refractivity contribution in [2.45, 2.75) is 13.3 Å². The van der Waals surface area contributed by atoms with Gasteiger partial charge in [-0.3, -0.25) is 0 Å². The standard InChI is InChI=1S/C10H12BrNO2/c1-6-4-8-10(14-5-13-8)9(11)7(6)2-3-12/h4H,2-3,5,12H2,1H3. The van der Waals surface area contributed by atoms with Gasteiger partial charge in [-0.25, -0.2) is 0 Å². The van der Waals surface area contributed by atoms with Crippen LogP contribution in [0.15, 0.2) is 10.5 Å². The molecule has 0 unspecified atom stereocenters. The van der Waals surface area contributed by atoms with Crippen LogP contribution in [0, 0.1) is 6.92 Å². The molecule has 0 spiro atoms. The number of fused-ring (bicyclic) bond motifs is 1. The number of aryl methyl sites for hydroxylation is 1. The third-order valence-corrected chi connectivity index (χ3v) is 3.16. The van der Waals surface area contributed by atoms with E-state index in [1.807, 2.05) is 6.07 Å². The summed E-state index contributed by atoms with van der Waals surface area (Å²) < 4.78 is 11.7. The molecule has 0 aromatic heterocycles. The van der Waals surface area contributed by atoms with E-state index in [9.17, 15) is 0 Å². The highest BCUT2D eigenvalue weighted by Gasteiger charge is 2.20. The lowest BCUT2D eigenvalue weighted by Crippen LogP contribution is -2.05. The zero-order chi connectivity index (χ0) is 10.1. The average Bonchev–Trinajstić information content (AvgIpc) is 2.60. The molecule has 0 bridgehead atoms. The van der Waals surface area contributed by atoms with Crippen LogP contribution in [-0.2, 0) is 6.42 Å². The number of halogens is 1. The first-order chi connectivity index (χ1) is 6.74. The molecular formula is C10H12BrNO2. The number of rotatable bonds is 2. The molecular weight excluding hydrogens is 246 g/mol. The van der Waals surface area contributed by atoms with Gasteiger partial charge in [-0.2, -0.15) is 0 Å². The highest BCUT2D eigenvalue weighted by Crippen LogP contribution is 2.42. The van der Waals surface area contributed by atoms with E-state index >= 15 is 0 Å². The Kier molecular flexibility index (Phi) is 2.65. The van der Waals surface area contributed by atoms with Gasteiger partial charge >= 0.3 is 0 Å². The van der Waals surface area contributed by atoms with E-state index < -0.39 is 0 Å². The van der Waals surface area contributed by atoms with Gasteiger partial charge < -0.3 is 15.2 Å². The van der Waals surface area contributed by atoms with Crippen LogP contribution < -0.4 is 15.2 Å². The predicted octanol–water partition coefficient (Wildman–Crippen LogP) is 1.99. The third-order valence-electron chi connectivity index (χ3n) is 2.32. The molecule has 0 saturated heterocycles. The second-order valence-electron chi connectivity index (χ2n) is 3.26. The van der Waals surface area contributed by atoms with E-state index in [-0.39, 0.29) is 0 Å². The molecule has 0 saturated carbocycles. The number of hydrogen-bond donors (Lipinski definition) is 1. The molecule has 2 N–H and O–H groups in total. The lowest BCUT2D eigenvalue weighted by Gasteiger charge is -2.09. The Morgan fingerprint density at radius 2 is 2.29 bits per heavy atom. The van der Waals surface area contributed by atoms with E-state index in [4.69, 9.17) is 15.2 Å². The van der Waals surface area contributed by atoms with Gasteiger partial charge in [0.05, 0.1) is 4.47 Å². The van der Waals surface area contributed by atoms with Gasteiger partial charge in [-0.15, -0.1) is 0 Å². The maximum absolute atomic E-state index is 5.55. The zero-order valence-electron chi connectivity index (χ0n) is 7.97. The number of ether oxygens (including phenoxy) is 2. The first-order valence-corrected chi connectivity index (χ1v) is 5.31. The second kappa shape index (κ2) is 3.79. The van der Waals surface area contributed by atoms with Crippen molar-refractivity contribution in [3.8, 4) is 11.5 Å². The Labute approximate surface area is 91.3 Å². The first-order valence-electron chi connectivity index (χ1n) is 4.51. The Morgan fingerprint density at radius 3 is 3.00 bits per heavy atom. The van der Waals surface area contributed by atoms with E-state index in [0.717, 1.165) is 22.4 Å². The summed E-state index contributed by atoms with van der Waals surface area (Å²) in [7, 11) is 0. The second-order valence-corrected chi connectivity index (χ2v) is 4.05. The van der Waals surface area contributed by atoms with Gasteiger partial charge in [0.2, 0.25) is 6.79 Å². The number of nitrogens with two attached hydrogens (primary N) is 1. The van der Waals surface area contributed by atoms with E-state index in [1.165, 1.54) is 11.1 Å². The van der Waals surface area contributed by atoms with Gasteiger partial charge in [0.25, 0.3) is 0 Å². The van der Waals surface area contributed by atoms with Crippen LogP contribution in [0.4, 0.5) is 0 Å². The molecule has 1 aliphatic heterocycles. The quantitative estimate of drug-likeness (QED) is 0.882. The van der Waals surface area contributed by atoms with Crippen molar-refractivity contribution in [2.24, 2.45) is 5.73 Å². The molecule has 1 aromatic rings. The maximum Gasteiger partial charge on any atom is 0.231 e. The minimum absolute atomic E-state index is 0.305. The Morgan fingerprint density at radius 1 is 1.50 bits per heavy atom. The summed E-state index contributed by atoms with van der Waals surface area (Å²) >= 11 is 3.52. The molecule has 76 valence electrons. The van der Waals surface area contributed by atoms with Crippen LogP contribution in [-0.4, -0.2) is 13.3 Å². The molecule has 0 amide bonds. The predicted molar refractivity (Wildman–Crippen MR) is 57.8 cm³/mol. The lowest BCUT2D eigenvalue weighted by molar-refractivity contribution is 0.173. The summed E-state index contributed by atoms with van der Waals surface area (Å²) in [6, 6.07) is 2.00. The summed E-state index contributed by atoms with van der Waals surface area (Å²) in [5, 5.41) is 0. The smallest absolute Gasteiger partial charge is 0.231 e. The molecule has 1 aliphatic rings. The van der Waals surface area contributed by atoms with Crippen molar-refractivity contribution >= 4 is 15.9 Å². The fourth-order valence-corrected chi connectivity index (χ4v) is 2.43. The Bertz CT molecular complexity index is 366. The van der Waals surface area contributed by atoms with Crippen molar-refractivity contribution in [3.05, 3.63) is 21.7 Å². The summed E-state index contributed by atoms with van der Waals surface area (Å²) in [6.07, 6.45) is 0.850. The lowest BCUT2D eigenvalue weighted by atomic mass is 10.0. The molecule has 14 heavy (non-hydrogen) atoms. The van der Waals surface area contributed by atoms with E-state index in [1.54, 1.807) is 0 Å². The fourth-order valence-electron chi connectivity index (χ4n) is 1.61. The fraction of sp³-hybridized carbons (Fsp3) is 0.400. The zero-order valence-corrected chi connectivity index (χ0v) is 9.56. The van der Waals surface area contributed by atoms with Crippen molar-refractivity contribution < 1.29 is 9.47 Å². The Hall–Kier alpha value is -0.740. The largest absolute Gasteiger partial charge is 0.454 e. The van der Waals surface area contributed by atoms with Gasteiger partial charge in [0.15, 0.2) is 11.5 Å². The molecule has 4 heteroatoms. The molecule has 0 atom stereocenters. The van der Waals surface area contributed by atoms with Crippen molar-refractivity contribution in [2.75, 3.05) is 13.3 Å². The van der Waals surface area contributed by atoms with Crippen molar-refractivity contribution in [1.82, 2.24) is 0 Å². The molecule has 0 radical (unpaired) electrons. The van der Waals surface area contributed by atoms with Crippen molar-refractivity contribution in [3.63, 3.8) is 0 Å². The van der Waals surface area contributed by atoms with Crippen molar-refractivity contribution in [1.29, 1.82) is 0 Å². The first kappa shape index (κ1) is 9.80. The highest BCUT2D eigenvalue weighted by molar-refractivity contribution is 9.10. The molecule has 1 aromatic carbocycles. The van der Waals surface area contributed by atoms with Gasteiger partial charge in [-0.1, -0.05) is 0 Å². The highest BCUT2D eigenvalue weighted by atomic mass is 79.9. The summed E-state index contributed by atoms with van der Waals surface area (Å²) in [5.74, 6) is 1.62. The molecule has 2 rings (SSSR count). The van der Waals surface area contributed by atoms with Crippen LogP contribution in [0.2, 0.25) is 0 Å². The van der Waals surface area contributed by atoms with E-state index in [2.05, 4.69) is 22.9 Å². The minimum atomic E-state index is 0.305. The molecule has 3 nitrogen and oxygen atoms in total. The number of hydrogen-bond acceptors (Lipinski definition) is 3. The molecule has 1 heterocycles.